The lowest BCUT2D eigenvalue weighted by Gasteiger charge is -2.36. The van der Waals surface area contributed by atoms with Gasteiger partial charge in [0.05, 0.1) is 23.8 Å². The molecule has 1 amide bonds. The van der Waals surface area contributed by atoms with Crippen molar-refractivity contribution in [2.75, 3.05) is 44.2 Å². The average molecular weight is 567 g/mol. The number of aromatic amines is 1. The molecular weight excluding hydrogens is 546 g/mol. The summed E-state index contributed by atoms with van der Waals surface area (Å²) in [6, 6.07) is -0.921. The number of nitrogens with one attached hydrogen (secondary N) is 1. The predicted octanol–water partition coefficient (Wildman–Crippen LogP) is 2.50. The number of aromatic nitrogens is 4. The van der Waals surface area contributed by atoms with Crippen LogP contribution in [0.15, 0.2) is 17.2 Å². The van der Waals surface area contributed by atoms with Gasteiger partial charge in [-0.25, -0.2) is 23.8 Å². The maximum Gasteiger partial charge on any atom is 0.422 e. The van der Waals surface area contributed by atoms with Crippen molar-refractivity contribution >= 4 is 11.9 Å². The highest BCUT2D eigenvalue weighted by Gasteiger charge is 2.55. The fourth-order valence-electron chi connectivity index (χ4n) is 5.39. The van der Waals surface area contributed by atoms with Crippen molar-refractivity contribution in [2.45, 2.75) is 37.2 Å². The average Bonchev–Trinajstić information content (AvgIpc) is 3.42. The van der Waals surface area contributed by atoms with Crippen molar-refractivity contribution in [1.29, 1.82) is 0 Å². The Balaban J connectivity index is 1.26. The first-order chi connectivity index (χ1) is 18.2. The standard InChI is InChI=1S/C22H21F8N7O2/c23-20(24)10-37(14-2-1-12-15(22(28,29)30)17(38)34-33-16(12)14)9-13(20)18(39)35-3-5-36(6-4-35)19-31-7-11(8-32-19)21(25,26)27/h7-8,13-14H,1-6,9-10H2,(H,34,38). The maximum atomic E-state index is 15.0. The number of hydrogen-bond acceptors (Lipinski definition) is 7. The molecule has 212 valence electrons. The van der Waals surface area contributed by atoms with Gasteiger partial charge in [0.1, 0.15) is 11.5 Å². The largest absolute Gasteiger partial charge is 0.422 e. The summed E-state index contributed by atoms with van der Waals surface area (Å²) >= 11 is 0. The van der Waals surface area contributed by atoms with E-state index in [4.69, 9.17) is 0 Å². The summed E-state index contributed by atoms with van der Waals surface area (Å²) in [6.45, 7) is -1.08. The Morgan fingerprint density at radius 2 is 1.64 bits per heavy atom. The van der Waals surface area contributed by atoms with Crippen LogP contribution in [0.2, 0.25) is 0 Å². The molecule has 0 saturated carbocycles. The first kappa shape index (κ1) is 27.2. The Kier molecular flexibility index (Phi) is 6.54. The molecule has 2 aromatic rings. The van der Waals surface area contributed by atoms with Crippen LogP contribution in [-0.4, -0.2) is 81.1 Å². The van der Waals surface area contributed by atoms with Gasteiger partial charge in [0.15, 0.2) is 0 Å². The monoisotopic (exact) mass is 567 g/mol. The van der Waals surface area contributed by atoms with E-state index >= 15 is 8.78 Å². The fourth-order valence-corrected chi connectivity index (χ4v) is 5.39. The van der Waals surface area contributed by atoms with Crippen LogP contribution in [0.5, 0.6) is 0 Å². The Morgan fingerprint density at radius 3 is 2.23 bits per heavy atom. The van der Waals surface area contributed by atoms with Crippen molar-refractivity contribution in [3.05, 3.63) is 45.1 Å². The van der Waals surface area contributed by atoms with Crippen LogP contribution in [0.1, 0.15) is 34.8 Å². The van der Waals surface area contributed by atoms with Gasteiger partial charge in [0, 0.05) is 45.1 Å². The third-order valence-corrected chi connectivity index (χ3v) is 7.30. The summed E-state index contributed by atoms with van der Waals surface area (Å²) in [6.07, 6.45) is -8.39. The molecule has 2 fully saturated rings. The molecule has 0 spiro atoms. The van der Waals surface area contributed by atoms with Gasteiger partial charge < -0.3 is 9.80 Å². The van der Waals surface area contributed by atoms with Gasteiger partial charge in [-0.05, 0) is 18.4 Å². The Labute approximate surface area is 214 Å². The summed E-state index contributed by atoms with van der Waals surface area (Å²) in [5.74, 6) is -6.04. The summed E-state index contributed by atoms with van der Waals surface area (Å²) in [7, 11) is 0. The number of carbonyl (C=O) groups excluding carboxylic acids is 1. The number of amides is 1. The van der Waals surface area contributed by atoms with Gasteiger partial charge in [-0.1, -0.05) is 0 Å². The number of halogens is 8. The van der Waals surface area contributed by atoms with Crippen LogP contribution < -0.4 is 10.5 Å². The van der Waals surface area contributed by atoms with E-state index in [0.717, 1.165) is 0 Å². The lowest BCUT2D eigenvalue weighted by molar-refractivity contribution is -0.145. The molecule has 5 rings (SSSR count). The molecule has 0 bridgehead atoms. The van der Waals surface area contributed by atoms with Crippen molar-refractivity contribution < 1.29 is 39.9 Å². The molecule has 9 nitrogen and oxygen atoms in total. The number of rotatable bonds is 3. The van der Waals surface area contributed by atoms with E-state index in [-0.39, 0.29) is 56.2 Å². The number of fused-ring (bicyclic) bond motifs is 1. The zero-order valence-corrected chi connectivity index (χ0v) is 20.0. The van der Waals surface area contributed by atoms with Gasteiger partial charge in [-0.15, -0.1) is 0 Å². The highest BCUT2D eigenvalue weighted by molar-refractivity contribution is 5.81. The highest BCUT2D eigenvalue weighted by Crippen LogP contribution is 2.44. The first-order valence-electron chi connectivity index (χ1n) is 11.9. The second-order valence-electron chi connectivity index (χ2n) is 9.67. The molecule has 17 heteroatoms. The van der Waals surface area contributed by atoms with E-state index in [0.29, 0.717) is 12.4 Å². The third-order valence-electron chi connectivity index (χ3n) is 7.30. The fraction of sp³-hybridized carbons (Fsp3) is 0.591. The van der Waals surface area contributed by atoms with Crippen molar-refractivity contribution in [3.8, 4) is 0 Å². The molecule has 2 unspecified atom stereocenters. The van der Waals surface area contributed by atoms with Crippen LogP contribution in [0, 0.1) is 5.92 Å². The van der Waals surface area contributed by atoms with Crippen LogP contribution >= 0.6 is 0 Å². The smallest absolute Gasteiger partial charge is 0.339 e. The molecule has 2 saturated heterocycles. The molecule has 2 aromatic heterocycles. The van der Waals surface area contributed by atoms with Crippen LogP contribution in [0.25, 0.3) is 0 Å². The number of H-pyrrole nitrogens is 1. The summed E-state index contributed by atoms with van der Waals surface area (Å²) in [5.41, 5.74) is -4.26. The minimum absolute atomic E-state index is 0.000206. The molecule has 39 heavy (non-hydrogen) atoms. The van der Waals surface area contributed by atoms with Crippen molar-refractivity contribution in [1.82, 2.24) is 30.0 Å². The van der Waals surface area contributed by atoms with Crippen molar-refractivity contribution in [3.63, 3.8) is 0 Å². The SMILES string of the molecule is O=C(C1CN(C2CCc3c2n[nH]c(=O)c3C(F)(F)F)CC1(F)F)N1CCN(c2ncc(C(F)(F)F)cn2)CC1. The van der Waals surface area contributed by atoms with Gasteiger partial charge >= 0.3 is 12.4 Å². The number of alkyl halides is 8. The van der Waals surface area contributed by atoms with E-state index in [9.17, 15) is 35.9 Å². The first-order valence-corrected chi connectivity index (χ1v) is 11.9. The highest BCUT2D eigenvalue weighted by atomic mass is 19.4. The molecule has 3 aliphatic rings. The van der Waals surface area contributed by atoms with E-state index in [1.54, 1.807) is 0 Å². The number of likely N-dealkylation sites (tertiary alicyclic amines) is 1. The molecule has 2 aliphatic heterocycles. The molecule has 0 radical (unpaired) electrons. The minimum atomic E-state index is -4.93. The third kappa shape index (κ3) is 5.03. The lowest BCUT2D eigenvalue weighted by Crippen LogP contribution is -2.53. The quantitative estimate of drug-likeness (QED) is 0.570. The molecule has 4 heterocycles. The summed E-state index contributed by atoms with van der Waals surface area (Å²) in [4.78, 5) is 36.2. The predicted molar refractivity (Wildman–Crippen MR) is 117 cm³/mol. The molecule has 2 atom stereocenters. The van der Waals surface area contributed by atoms with E-state index in [1.165, 1.54) is 14.7 Å². The van der Waals surface area contributed by atoms with Gasteiger partial charge in [0.2, 0.25) is 11.9 Å². The maximum absolute atomic E-state index is 15.0. The Hall–Kier alpha value is -3.37. The second-order valence-corrected chi connectivity index (χ2v) is 9.67. The second kappa shape index (κ2) is 9.38. The normalized spacial score (nSPS) is 23.8. The van der Waals surface area contributed by atoms with Gasteiger partial charge in [-0.2, -0.15) is 31.4 Å². The molecule has 1 N–H and O–H groups in total. The number of hydrogen-bond donors (Lipinski definition) is 1. The zero-order valence-electron chi connectivity index (χ0n) is 20.0. The van der Waals surface area contributed by atoms with E-state index in [2.05, 4.69) is 15.1 Å². The minimum Gasteiger partial charge on any atom is -0.339 e. The number of nitrogens with zero attached hydrogens (tertiary/aromatic N) is 6. The van der Waals surface area contributed by atoms with Crippen LogP contribution in [-0.2, 0) is 23.6 Å². The van der Waals surface area contributed by atoms with Crippen LogP contribution in [0.3, 0.4) is 0 Å². The number of piperazine rings is 1. The topological polar surface area (TPSA) is 98.3 Å². The number of anilines is 1. The van der Waals surface area contributed by atoms with E-state index < -0.39 is 65.9 Å². The van der Waals surface area contributed by atoms with Crippen LogP contribution in [0.4, 0.5) is 41.1 Å². The Morgan fingerprint density at radius 1 is 1.00 bits per heavy atom. The van der Waals surface area contributed by atoms with E-state index in [1.807, 2.05) is 5.10 Å². The summed E-state index contributed by atoms with van der Waals surface area (Å²) < 4.78 is 109. The lowest BCUT2D eigenvalue weighted by atomic mass is 10.0. The van der Waals surface area contributed by atoms with Crippen molar-refractivity contribution in [2.24, 2.45) is 5.92 Å². The number of carbonyl (C=O) groups is 1. The Bertz CT molecular complexity index is 1300. The van der Waals surface area contributed by atoms with Gasteiger partial charge in [-0.3, -0.25) is 14.5 Å². The zero-order chi connectivity index (χ0) is 28.3. The molecule has 1 aliphatic carbocycles. The summed E-state index contributed by atoms with van der Waals surface area (Å²) in [5, 5.41) is 5.53. The molecular formula is C22H21F8N7O2. The molecule has 0 aromatic carbocycles. The van der Waals surface area contributed by atoms with Gasteiger partial charge in [0.25, 0.3) is 11.5 Å².